The smallest absolute Gasteiger partial charge is 0.0503 e. The maximum atomic E-state index is 4.92. The van der Waals surface area contributed by atoms with Crippen LogP contribution in [-0.2, 0) is 9.94 Å². The first-order valence-electron chi connectivity index (χ1n) is 3.54. The van der Waals surface area contributed by atoms with E-state index in [-0.39, 0.29) is 0 Å². The molecule has 2 heteroatoms. The van der Waals surface area contributed by atoms with Gasteiger partial charge in [-0.15, -0.1) is 0 Å². The minimum Gasteiger partial charge on any atom is -0.318 e. The first-order valence-corrected chi connectivity index (χ1v) is 4.46. The Labute approximate surface area is 72.0 Å². The van der Waals surface area contributed by atoms with E-state index in [1.165, 1.54) is 23.2 Å². The van der Waals surface area contributed by atoms with E-state index in [2.05, 4.69) is 31.2 Å². The van der Waals surface area contributed by atoms with Gasteiger partial charge in [0.2, 0.25) is 0 Å². The lowest BCUT2D eigenvalue weighted by molar-refractivity contribution is 0.489. The molecule has 0 heterocycles. The summed E-state index contributed by atoms with van der Waals surface area (Å²) in [5.74, 6) is 0.934. The Morgan fingerprint density at radius 1 is 1.36 bits per heavy atom. The molecule has 1 nitrogen and oxygen atoms in total. The number of aryl methyl sites for hydroxylation is 1. The quantitative estimate of drug-likeness (QED) is 0.642. The monoisotopic (exact) mass is 168 g/mol. The number of hydrogen-bond acceptors (Lipinski definition) is 2. The van der Waals surface area contributed by atoms with Gasteiger partial charge in [-0.2, -0.15) is 0 Å². The molecule has 0 aliphatic carbocycles. The van der Waals surface area contributed by atoms with Crippen LogP contribution < -0.4 is 0 Å². The van der Waals surface area contributed by atoms with Gasteiger partial charge in [0.25, 0.3) is 0 Å². The summed E-state index contributed by atoms with van der Waals surface area (Å²) in [4.78, 5) is 0. The molecular formula is C9H12OS. The van der Waals surface area contributed by atoms with Gasteiger partial charge < -0.3 is 4.18 Å². The van der Waals surface area contributed by atoms with Crippen LogP contribution in [0.4, 0.5) is 0 Å². The summed E-state index contributed by atoms with van der Waals surface area (Å²) in [7, 11) is 1.70. The van der Waals surface area contributed by atoms with E-state index in [0.717, 1.165) is 5.75 Å². The van der Waals surface area contributed by atoms with E-state index >= 15 is 0 Å². The van der Waals surface area contributed by atoms with Crippen LogP contribution in [0.25, 0.3) is 0 Å². The van der Waals surface area contributed by atoms with Crippen molar-refractivity contribution in [1.82, 2.24) is 0 Å². The van der Waals surface area contributed by atoms with E-state index in [1.807, 2.05) is 0 Å². The summed E-state index contributed by atoms with van der Waals surface area (Å²) in [6.45, 7) is 2.12. The van der Waals surface area contributed by atoms with Crippen molar-refractivity contribution >= 4 is 12.0 Å². The molecule has 0 fully saturated rings. The fourth-order valence-electron chi connectivity index (χ4n) is 0.894. The van der Waals surface area contributed by atoms with Crippen molar-refractivity contribution in [3.8, 4) is 0 Å². The average molecular weight is 168 g/mol. The van der Waals surface area contributed by atoms with Crippen molar-refractivity contribution in [2.45, 2.75) is 12.7 Å². The van der Waals surface area contributed by atoms with Gasteiger partial charge in [0, 0.05) is 5.75 Å². The highest BCUT2D eigenvalue weighted by molar-refractivity contribution is 7.93. The Balaban J connectivity index is 2.62. The van der Waals surface area contributed by atoms with Gasteiger partial charge in [-0.3, -0.25) is 0 Å². The minimum absolute atomic E-state index is 0.934. The molecule has 0 aromatic heterocycles. The Morgan fingerprint density at radius 3 is 2.73 bits per heavy atom. The van der Waals surface area contributed by atoms with Crippen LogP contribution in [0.2, 0.25) is 0 Å². The zero-order valence-corrected chi connectivity index (χ0v) is 7.65. The topological polar surface area (TPSA) is 9.23 Å². The second kappa shape index (κ2) is 4.42. The lowest BCUT2D eigenvalue weighted by Crippen LogP contribution is -1.84. The molecule has 0 saturated heterocycles. The Bertz CT molecular complexity index is 223. The Morgan fingerprint density at radius 2 is 2.09 bits per heavy atom. The molecule has 1 aromatic carbocycles. The molecule has 0 atom stereocenters. The van der Waals surface area contributed by atoms with Crippen LogP contribution >= 0.6 is 12.0 Å². The predicted molar refractivity (Wildman–Crippen MR) is 49.5 cm³/mol. The molecule has 60 valence electrons. The maximum absolute atomic E-state index is 4.92. The highest BCUT2D eigenvalue weighted by atomic mass is 32.2. The van der Waals surface area contributed by atoms with Gasteiger partial charge in [-0.1, -0.05) is 24.3 Å². The van der Waals surface area contributed by atoms with E-state index in [0.29, 0.717) is 0 Å². The van der Waals surface area contributed by atoms with Crippen LogP contribution in [0.15, 0.2) is 24.3 Å². The second-order valence-corrected chi connectivity index (χ2v) is 3.21. The molecule has 0 saturated carbocycles. The summed E-state index contributed by atoms with van der Waals surface area (Å²) in [6, 6.07) is 8.35. The first-order chi connectivity index (χ1) is 5.34. The Hall–Kier alpha value is -0.470. The van der Waals surface area contributed by atoms with E-state index in [1.54, 1.807) is 7.11 Å². The molecular weight excluding hydrogens is 156 g/mol. The van der Waals surface area contributed by atoms with Crippen molar-refractivity contribution in [3.05, 3.63) is 35.4 Å². The molecule has 0 aliphatic rings. The molecule has 0 radical (unpaired) electrons. The largest absolute Gasteiger partial charge is 0.318 e. The molecule has 1 aromatic rings. The van der Waals surface area contributed by atoms with Gasteiger partial charge in [0.1, 0.15) is 0 Å². The lowest BCUT2D eigenvalue weighted by atomic mass is 10.1. The minimum atomic E-state index is 0.934. The van der Waals surface area contributed by atoms with E-state index in [4.69, 9.17) is 4.18 Å². The summed E-state index contributed by atoms with van der Waals surface area (Å²) in [5, 5.41) is 0. The average Bonchev–Trinajstić information content (AvgIpc) is 2.03. The van der Waals surface area contributed by atoms with Crippen molar-refractivity contribution in [1.29, 1.82) is 0 Å². The SMILES string of the molecule is COSCc1ccccc1C. The van der Waals surface area contributed by atoms with Crippen LogP contribution in [0.1, 0.15) is 11.1 Å². The molecule has 0 unspecified atom stereocenters. The second-order valence-electron chi connectivity index (χ2n) is 2.36. The van der Waals surface area contributed by atoms with Crippen LogP contribution in [0.3, 0.4) is 0 Å². The molecule has 0 N–H and O–H groups in total. The van der Waals surface area contributed by atoms with Gasteiger partial charge in [-0.05, 0) is 30.1 Å². The zero-order valence-electron chi connectivity index (χ0n) is 6.83. The maximum Gasteiger partial charge on any atom is 0.0503 e. The molecule has 0 bridgehead atoms. The summed E-state index contributed by atoms with van der Waals surface area (Å²) in [5.41, 5.74) is 2.68. The van der Waals surface area contributed by atoms with E-state index in [9.17, 15) is 0 Å². The standard InChI is InChI=1S/C9H12OS/c1-8-5-3-4-6-9(8)7-11-10-2/h3-6H,7H2,1-2H3. The molecule has 1 rings (SSSR count). The number of benzene rings is 1. The first kappa shape index (κ1) is 8.62. The third kappa shape index (κ3) is 2.56. The summed E-state index contributed by atoms with van der Waals surface area (Å²) < 4.78 is 4.92. The van der Waals surface area contributed by atoms with Crippen molar-refractivity contribution in [2.75, 3.05) is 7.11 Å². The summed E-state index contributed by atoms with van der Waals surface area (Å²) in [6.07, 6.45) is 0. The molecule has 0 amide bonds. The molecule has 11 heavy (non-hydrogen) atoms. The molecule has 0 spiro atoms. The van der Waals surface area contributed by atoms with Crippen LogP contribution in [0, 0.1) is 6.92 Å². The number of rotatable bonds is 3. The fraction of sp³-hybridized carbons (Fsp3) is 0.333. The van der Waals surface area contributed by atoms with Gasteiger partial charge >= 0.3 is 0 Å². The van der Waals surface area contributed by atoms with Gasteiger partial charge in [0.15, 0.2) is 0 Å². The van der Waals surface area contributed by atoms with Gasteiger partial charge in [-0.25, -0.2) is 0 Å². The predicted octanol–water partition coefficient (Wildman–Crippen LogP) is 2.79. The normalized spacial score (nSPS) is 10.0. The van der Waals surface area contributed by atoms with Crippen LogP contribution in [-0.4, -0.2) is 7.11 Å². The van der Waals surface area contributed by atoms with Gasteiger partial charge in [0.05, 0.1) is 7.11 Å². The highest BCUT2D eigenvalue weighted by Crippen LogP contribution is 2.15. The highest BCUT2D eigenvalue weighted by Gasteiger charge is 1.95. The Kier molecular flexibility index (Phi) is 3.46. The van der Waals surface area contributed by atoms with Crippen molar-refractivity contribution in [2.24, 2.45) is 0 Å². The summed E-state index contributed by atoms with van der Waals surface area (Å²) >= 11 is 1.48. The van der Waals surface area contributed by atoms with E-state index < -0.39 is 0 Å². The fourth-order valence-corrected chi connectivity index (χ4v) is 1.46. The molecule has 0 aliphatic heterocycles. The third-order valence-electron chi connectivity index (χ3n) is 1.59. The lowest BCUT2D eigenvalue weighted by Gasteiger charge is -2.02. The van der Waals surface area contributed by atoms with Crippen LogP contribution in [0.5, 0.6) is 0 Å². The third-order valence-corrected chi connectivity index (χ3v) is 2.26. The van der Waals surface area contributed by atoms with Crippen molar-refractivity contribution < 1.29 is 4.18 Å². The van der Waals surface area contributed by atoms with Crippen molar-refractivity contribution in [3.63, 3.8) is 0 Å². The number of hydrogen-bond donors (Lipinski definition) is 0. The zero-order chi connectivity index (χ0) is 8.10.